The molecule has 0 spiro atoms. The Hall–Kier alpha value is -1.97. The second kappa shape index (κ2) is 5.99. The average molecular weight is 313 g/mol. The highest BCUT2D eigenvalue weighted by molar-refractivity contribution is 7.91. The van der Waals surface area contributed by atoms with Crippen LogP contribution in [0, 0.1) is 0 Å². The molecule has 0 aliphatic carbocycles. The highest BCUT2D eigenvalue weighted by Crippen LogP contribution is 2.14. The molecule has 20 heavy (non-hydrogen) atoms. The van der Waals surface area contributed by atoms with Crippen molar-refractivity contribution in [3.63, 3.8) is 0 Å². The van der Waals surface area contributed by atoms with Crippen LogP contribution in [-0.2, 0) is 21.4 Å². The molecule has 7 nitrogen and oxygen atoms in total. The second-order valence-corrected chi connectivity index (χ2v) is 6.61. The number of rotatable bonds is 5. The molecule has 1 amide bonds. The van der Waals surface area contributed by atoms with Crippen LogP contribution in [0.15, 0.2) is 50.9 Å². The number of hydrogen-bond donors (Lipinski definition) is 2. The molecule has 0 unspecified atom stereocenters. The number of carbonyl (C=O) groups is 1. The van der Waals surface area contributed by atoms with Gasteiger partial charge in [0.15, 0.2) is 0 Å². The zero-order valence-electron chi connectivity index (χ0n) is 10.1. The van der Waals surface area contributed by atoms with Crippen LogP contribution in [0.2, 0.25) is 0 Å². The minimum Gasteiger partial charge on any atom is -0.306 e. The third kappa shape index (κ3) is 3.53. The molecule has 0 saturated carbocycles. The van der Waals surface area contributed by atoms with E-state index in [-0.39, 0.29) is 16.3 Å². The van der Waals surface area contributed by atoms with Crippen molar-refractivity contribution >= 4 is 27.3 Å². The normalized spacial score (nSPS) is 11.2. The van der Waals surface area contributed by atoms with Crippen LogP contribution in [0.25, 0.3) is 0 Å². The lowest BCUT2D eigenvalue weighted by molar-refractivity contribution is -0.122. The first-order valence-electron chi connectivity index (χ1n) is 5.49. The lowest BCUT2D eigenvalue weighted by Crippen LogP contribution is -2.43. The third-order valence-corrected chi connectivity index (χ3v) is 4.94. The zero-order valence-corrected chi connectivity index (χ0v) is 11.8. The maximum absolute atomic E-state index is 11.7. The van der Waals surface area contributed by atoms with Gasteiger partial charge in [0.2, 0.25) is 0 Å². The van der Waals surface area contributed by atoms with Crippen molar-refractivity contribution in [3.05, 3.63) is 52.3 Å². The van der Waals surface area contributed by atoms with Crippen LogP contribution in [0.3, 0.4) is 0 Å². The average Bonchev–Trinajstić information content (AvgIpc) is 2.94. The summed E-state index contributed by atoms with van der Waals surface area (Å²) < 4.78 is 24.7. The van der Waals surface area contributed by atoms with Crippen molar-refractivity contribution in [2.24, 2.45) is 0 Å². The summed E-state index contributed by atoms with van der Waals surface area (Å²) in [6, 6.07) is 7.47. The molecule has 2 rings (SSSR count). The second-order valence-electron chi connectivity index (χ2n) is 3.75. The molecule has 0 bridgehead atoms. The molecule has 2 N–H and O–H groups in total. The van der Waals surface area contributed by atoms with E-state index < -0.39 is 15.9 Å². The molecular weight excluding hydrogens is 302 g/mol. The Bertz CT molecular complexity index is 750. The van der Waals surface area contributed by atoms with Gasteiger partial charge in [-0.1, -0.05) is 12.1 Å². The van der Waals surface area contributed by atoms with E-state index in [0.717, 1.165) is 15.9 Å². The number of nitrogens with zero attached hydrogens (tertiary/aromatic N) is 1. The van der Waals surface area contributed by atoms with Crippen molar-refractivity contribution in [3.8, 4) is 0 Å². The maximum Gasteiger partial charge on any atom is 0.266 e. The molecule has 9 heteroatoms. The largest absolute Gasteiger partial charge is 0.306 e. The lowest BCUT2D eigenvalue weighted by Gasteiger charge is -2.08. The molecule has 2 aromatic heterocycles. The summed E-state index contributed by atoms with van der Waals surface area (Å²) in [5.41, 5.74) is 1.71. The van der Waals surface area contributed by atoms with Gasteiger partial charge in [-0.25, -0.2) is 8.42 Å². The Morgan fingerprint density at radius 1 is 1.25 bits per heavy atom. The first kappa shape index (κ1) is 14.4. The molecule has 106 valence electrons. The van der Waals surface area contributed by atoms with Crippen molar-refractivity contribution in [1.82, 2.24) is 14.8 Å². The fourth-order valence-electron chi connectivity index (χ4n) is 1.38. The Labute approximate surface area is 118 Å². The first-order chi connectivity index (χ1) is 9.49. The number of sulfonamides is 1. The number of amides is 1. The maximum atomic E-state index is 11.7. The van der Waals surface area contributed by atoms with E-state index in [1.165, 1.54) is 18.3 Å². The molecule has 0 fully saturated rings. The molecule has 0 aliphatic rings. The number of thiophene rings is 1. The zero-order chi connectivity index (χ0) is 14.6. The summed E-state index contributed by atoms with van der Waals surface area (Å²) in [6.45, 7) is -0.271. The van der Waals surface area contributed by atoms with Crippen LogP contribution >= 0.6 is 11.3 Å². The SMILES string of the molecule is O=C(Cn1ccccc1=O)NNS(=O)(=O)c1cccs1. The van der Waals surface area contributed by atoms with E-state index in [1.807, 2.05) is 4.83 Å². The lowest BCUT2D eigenvalue weighted by atomic mass is 10.4. The number of hydrogen-bond acceptors (Lipinski definition) is 5. The van der Waals surface area contributed by atoms with Gasteiger partial charge < -0.3 is 4.57 Å². The minimum absolute atomic E-state index is 0.0923. The van der Waals surface area contributed by atoms with Gasteiger partial charge in [-0.2, -0.15) is 0 Å². The van der Waals surface area contributed by atoms with Crippen molar-refractivity contribution in [2.75, 3.05) is 0 Å². The van der Waals surface area contributed by atoms with Crippen molar-refractivity contribution in [1.29, 1.82) is 0 Å². The molecule has 0 aliphatic heterocycles. The van der Waals surface area contributed by atoms with Crippen molar-refractivity contribution < 1.29 is 13.2 Å². The summed E-state index contributed by atoms with van der Waals surface area (Å²) in [4.78, 5) is 24.9. The van der Waals surface area contributed by atoms with Gasteiger partial charge in [0.25, 0.3) is 21.5 Å². The number of aromatic nitrogens is 1. The summed E-state index contributed by atoms with van der Waals surface area (Å²) in [7, 11) is -3.77. The van der Waals surface area contributed by atoms with Crippen LogP contribution < -0.4 is 15.8 Å². The smallest absolute Gasteiger partial charge is 0.266 e. The molecule has 0 aromatic carbocycles. The third-order valence-electron chi connectivity index (χ3n) is 2.30. The minimum atomic E-state index is -3.77. The van der Waals surface area contributed by atoms with Gasteiger partial charge in [-0.15, -0.1) is 16.2 Å². The van der Waals surface area contributed by atoms with Gasteiger partial charge in [-0.3, -0.25) is 15.0 Å². The van der Waals surface area contributed by atoms with Gasteiger partial charge in [0.1, 0.15) is 10.8 Å². The fourth-order valence-corrected chi connectivity index (χ4v) is 3.23. The van der Waals surface area contributed by atoms with E-state index in [9.17, 15) is 18.0 Å². The number of nitrogens with one attached hydrogen (secondary N) is 2. The summed E-state index contributed by atoms with van der Waals surface area (Å²) in [5.74, 6) is -0.640. The monoisotopic (exact) mass is 313 g/mol. The van der Waals surface area contributed by atoms with Crippen LogP contribution in [0.4, 0.5) is 0 Å². The van der Waals surface area contributed by atoms with E-state index in [4.69, 9.17) is 0 Å². The number of pyridine rings is 1. The van der Waals surface area contributed by atoms with Crippen LogP contribution in [0.5, 0.6) is 0 Å². The number of carbonyl (C=O) groups excluding carboxylic acids is 1. The Kier molecular flexibility index (Phi) is 4.32. The predicted molar refractivity (Wildman–Crippen MR) is 73.5 cm³/mol. The van der Waals surface area contributed by atoms with Gasteiger partial charge in [0, 0.05) is 12.3 Å². The molecule has 0 saturated heterocycles. The van der Waals surface area contributed by atoms with Crippen molar-refractivity contribution in [2.45, 2.75) is 10.8 Å². The summed E-state index contributed by atoms with van der Waals surface area (Å²) >= 11 is 1.03. The van der Waals surface area contributed by atoms with Crippen LogP contribution in [0.1, 0.15) is 0 Å². The van der Waals surface area contributed by atoms with Gasteiger partial charge >= 0.3 is 0 Å². The number of hydrazine groups is 1. The molecule has 0 atom stereocenters. The topological polar surface area (TPSA) is 97.3 Å². The van der Waals surface area contributed by atoms with Crippen LogP contribution in [-0.4, -0.2) is 18.9 Å². The summed E-state index contributed by atoms with van der Waals surface area (Å²) in [5, 5.41) is 1.61. The predicted octanol–water partition coefficient (Wildman–Crippen LogP) is -0.0805. The fraction of sp³-hybridized carbons (Fsp3) is 0.0909. The molecule has 2 aromatic rings. The van der Waals surface area contributed by atoms with E-state index in [0.29, 0.717) is 0 Å². The Balaban J connectivity index is 1.97. The summed E-state index contributed by atoms with van der Waals surface area (Å²) in [6.07, 6.45) is 1.44. The first-order valence-corrected chi connectivity index (χ1v) is 7.85. The molecular formula is C11H11N3O4S2. The highest BCUT2D eigenvalue weighted by Gasteiger charge is 2.15. The van der Waals surface area contributed by atoms with Gasteiger partial charge in [-0.05, 0) is 17.5 Å². The molecule has 2 heterocycles. The van der Waals surface area contributed by atoms with E-state index in [1.54, 1.807) is 23.6 Å². The quantitative estimate of drug-likeness (QED) is 0.754. The Morgan fingerprint density at radius 2 is 2.05 bits per heavy atom. The van der Waals surface area contributed by atoms with E-state index in [2.05, 4.69) is 5.43 Å². The van der Waals surface area contributed by atoms with Gasteiger partial charge in [0.05, 0.1) is 0 Å². The highest BCUT2D eigenvalue weighted by atomic mass is 32.2. The molecule has 0 radical (unpaired) electrons. The Morgan fingerprint density at radius 3 is 2.70 bits per heavy atom. The van der Waals surface area contributed by atoms with E-state index >= 15 is 0 Å². The standard InChI is InChI=1S/C11H11N3O4S2/c15-9(8-14-6-2-1-4-10(14)16)12-13-20(17,18)11-5-3-7-19-11/h1-7,13H,8H2,(H,12,15).